The smallest absolute Gasteiger partial charge is 0.214 e. The summed E-state index contributed by atoms with van der Waals surface area (Å²) in [6, 6.07) is 7.81. The fourth-order valence-corrected chi connectivity index (χ4v) is 4.64. The van der Waals surface area contributed by atoms with Crippen molar-refractivity contribution in [2.24, 2.45) is 0 Å². The molecule has 0 amide bonds. The molecule has 0 aromatic heterocycles. The molecule has 1 aliphatic rings. The SMILES string of the molecule is CCCS(=O)(=O)N1CCC(NC(=S)Nc2ccc(OCC)cc2)CC1. The molecule has 0 spiro atoms. The Hall–Kier alpha value is -1.38. The molecule has 1 fully saturated rings. The van der Waals surface area contributed by atoms with Crippen LogP contribution in [0.15, 0.2) is 24.3 Å². The lowest BCUT2D eigenvalue weighted by Gasteiger charge is -2.32. The number of ether oxygens (including phenoxy) is 1. The van der Waals surface area contributed by atoms with Crippen molar-refractivity contribution in [1.29, 1.82) is 0 Å². The van der Waals surface area contributed by atoms with E-state index < -0.39 is 10.0 Å². The Morgan fingerprint density at radius 2 is 1.88 bits per heavy atom. The molecular formula is C17H27N3O3S2. The van der Waals surface area contributed by atoms with E-state index in [1.807, 2.05) is 38.1 Å². The zero-order valence-electron chi connectivity index (χ0n) is 14.8. The summed E-state index contributed by atoms with van der Waals surface area (Å²) in [6.45, 7) is 5.57. The van der Waals surface area contributed by atoms with Gasteiger partial charge in [0.05, 0.1) is 12.4 Å². The first-order valence-corrected chi connectivity index (χ1v) is 10.7. The second-order valence-electron chi connectivity index (χ2n) is 6.05. The van der Waals surface area contributed by atoms with Gasteiger partial charge >= 0.3 is 0 Å². The van der Waals surface area contributed by atoms with Crippen LogP contribution in [0.2, 0.25) is 0 Å². The summed E-state index contributed by atoms with van der Waals surface area (Å²) >= 11 is 5.36. The minimum Gasteiger partial charge on any atom is -0.494 e. The third-order valence-corrected chi connectivity index (χ3v) is 6.36. The van der Waals surface area contributed by atoms with E-state index in [-0.39, 0.29) is 11.8 Å². The largest absolute Gasteiger partial charge is 0.494 e. The van der Waals surface area contributed by atoms with E-state index in [9.17, 15) is 8.42 Å². The minimum absolute atomic E-state index is 0.191. The third kappa shape index (κ3) is 6.13. The molecule has 1 aromatic carbocycles. The van der Waals surface area contributed by atoms with Crippen LogP contribution >= 0.6 is 12.2 Å². The van der Waals surface area contributed by atoms with Crippen molar-refractivity contribution >= 4 is 33.0 Å². The molecule has 1 heterocycles. The lowest BCUT2D eigenvalue weighted by molar-refractivity contribution is 0.308. The van der Waals surface area contributed by atoms with Crippen LogP contribution in [0.25, 0.3) is 0 Å². The van der Waals surface area contributed by atoms with Crippen molar-refractivity contribution in [2.45, 2.75) is 39.2 Å². The summed E-state index contributed by atoms with van der Waals surface area (Å²) in [5.41, 5.74) is 0.893. The zero-order valence-corrected chi connectivity index (χ0v) is 16.5. The molecule has 6 nitrogen and oxygen atoms in total. The van der Waals surface area contributed by atoms with Crippen LogP contribution in [-0.4, -0.2) is 49.3 Å². The quantitative estimate of drug-likeness (QED) is 0.703. The number of sulfonamides is 1. The van der Waals surface area contributed by atoms with Gasteiger partial charge in [-0.25, -0.2) is 12.7 Å². The number of hydrogen-bond acceptors (Lipinski definition) is 4. The highest BCUT2D eigenvalue weighted by Crippen LogP contribution is 2.17. The Bertz CT molecular complexity index is 654. The van der Waals surface area contributed by atoms with Crippen LogP contribution in [-0.2, 0) is 10.0 Å². The number of hydrogen-bond donors (Lipinski definition) is 2. The van der Waals surface area contributed by atoms with Crippen LogP contribution in [0.3, 0.4) is 0 Å². The molecule has 1 aromatic rings. The molecule has 140 valence electrons. The highest BCUT2D eigenvalue weighted by Gasteiger charge is 2.27. The van der Waals surface area contributed by atoms with Crippen molar-refractivity contribution < 1.29 is 13.2 Å². The molecule has 2 rings (SSSR count). The number of nitrogens with zero attached hydrogens (tertiary/aromatic N) is 1. The number of rotatable bonds is 7. The molecule has 2 N–H and O–H groups in total. The average Bonchev–Trinajstić information content (AvgIpc) is 2.57. The second-order valence-corrected chi connectivity index (χ2v) is 8.54. The van der Waals surface area contributed by atoms with E-state index in [1.165, 1.54) is 0 Å². The predicted molar refractivity (Wildman–Crippen MR) is 106 cm³/mol. The number of thiocarbonyl (C=S) groups is 1. The lowest BCUT2D eigenvalue weighted by atomic mass is 10.1. The first-order chi connectivity index (χ1) is 11.9. The first kappa shape index (κ1) is 19.9. The number of benzene rings is 1. The summed E-state index contributed by atoms with van der Waals surface area (Å²) in [6.07, 6.45) is 2.17. The number of piperidine rings is 1. The molecule has 8 heteroatoms. The van der Waals surface area contributed by atoms with Gasteiger partial charge in [-0.3, -0.25) is 0 Å². The van der Waals surface area contributed by atoms with Crippen LogP contribution in [0.4, 0.5) is 5.69 Å². The molecule has 0 radical (unpaired) electrons. The summed E-state index contributed by atoms with van der Waals surface area (Å²) in [5, 5.41) is 6.99. The summed E-state index contributed by atoms with van der Waals surface area (Å²) in [5.74, 6) is 1.05. The molecule has 0 saturated carbocycles. The zero-order chi connectivity index (χ0) is 18.3. The van der Waals surface area contributed by atoms with Gasteiger partial charge in [-0.2, -0.15) is 0 Å². The maximum Gasteiger partial charge on any atom is 0.214 e. The number of nitrogens with one attached hydrogen (secondary N) is 2. The van der Waals surface area contributed by atoms with Crippen molar-refractivity contribution in [2.75, 3.05) is 30.8 Å². The van der Waals surface area contributed by atoms with E-state index in [4.69, 9.17) is 17.0 Å². The van der Waals surface area contributed by atoms with Gasteiger partial charge in [0.1, 0.15) is 5.75 Å². The Kier molecular flexibility index (Phi) is 7.46. The molecular weight excluding hydrogens is 358 g/mol. The maximum atomic E-state index is 12.1. The van der Waals surface area contributed by atoms with E-state index in [1.54, 1.807) is 4.31 Å². The van der Waals surface area contributed by atoms with E-state index in [0.717, 1.165) is 24.3 Å². The standard InChI is InChI=1S/C17H27N3O3S2/c1-3-13-25(21,22)20-11-9-15(10-12-20)19-17(24)18-14-5-7-16(8-6-14)23-4-2/h5-8,15H,3-4,9-13H2,1-2H3,(H2,18,19,24). The van der Waals surface area contributed by atoms with Crippen molar-refractivity contribution in [3.8, 4) is 5.75 Å². The van der Waals surface area contributed by atoms with E-state index in [2.05, 4.69) is 10.6 Å². The van der Waals surface area contributed by atoms with Gasteiger partial charge in [-0.15, -0.1) is 0 Å². The minimum atomic E-state index is -3.10. The molecule has 0 aliphatic carbocycles. The van der Waals surface area contributed by atoms with E-state index >= 15 is 0 Å². The Balaban J connectivity index is 1.78. The van der Waals surface area contributed by atoms with Gasteiger partial charge in [0.2, 0.25) is 10.0 Å². The van der Waals surface area contributed by atoms with Gasteiger partial charge in [0.25, 0.3) is 0 Å². The first-order valence-electron chi connectivity index (χ1n) is 8.72. The second kappa shape index (κ2) is 9.35. The van der Waals surface area contributed by atoms with Crippen LogP contribution in [0, 0.1) is 0 Å². The fraction of sp³-hybridized carbons (Fsp3) is 0.588. The van der Waals surface area contributed by atoms with Gasteiger partial charge in [0, 0.05) is 24.8 Å². The van der Waals surface area contributed by atoms with Crippen molar-refractivity contribution in [3.63, 3.8) is 0 Å². The van der Waals surface area contributed by atoms with E-state index in [0.29, 0.717) is 31.2 Å². The highest BCUT2D eigenvalue weighted by atomic mass is 32.2. The predicted octanol–water partition coefficient (Wildman–Crippen LogP) is 2.58. The molecule has 0 unspecified atom stereocenters. The van der Waals surface area contributed by atoms with Crippen LogP contribution in [0.1, 0.15) is 33.1 Å². The molecule has 0 bridgehead atoms. The Labute approximate surface area is 156 Å². The lowest BCUT2D eigenvalue weighted by Crippen LogP contribution is -2.47. The van der Waals surface area contributed by atoms with Crippen molar-refractivity contribution in [3.05, 3.63) is 24.3 Å². The maximum absolute atomic E-state index is 12.1. The topological polar surface area (TPSA) is 70.7 Å². The van der Waals surface area contributed by atoms with Gasteiger partial charge in [0.15, 0.2) is 5.11 Å². The molecule has 0 atom stereocenters. The summed E-state index contributed by atoms with van der Waals surface area (Å²) < 4.78 is 31.2. The van der Waals surface area contributed by atoms with Gasteiger partial charge in [-0.05, 0) is 62.7 Å². The van der Waals surface area contributed by atoms with Gasteiger partial charge < -0.3 is 15.4 Å². The Morgan fingerprint density at radius 3 is 2.44 bits per heavy atom. The van der Waals surface area contributed by atoms with Crippen molar-refractivity contribution in [1.82, 2.24) is 9.62 Å². The normalized spacial score (nSPS) is 16.4. The summed E-state index contributed by atoms with van der Waals surface area (Å²) in [7, 11) is -3.10. The molecule has 25 heavy (non-hydrogen) atoms. The highest BCUT2D eigenvalue weighted by molar-refractivity contribution is 7.89. The van der Waals surface area contributed by atoms with Gasteiger partial charge in [-0.1, -0.05) is 6.92 Å². The van der Waals surface area contributed by atoms with Crippen LogP contribution in [0.5, 0.6) is 5.75 Å². The number of anilines is 1. The molecule has 1 saturated heterocycles. The van der Waals surface area contributed by atoms with Crippen LogP contribution < -0.4 is 15.4 Å². The summed E-state index contributed by atoms with van der Waals surface area (Å²) in [4.78, 5) is 0. The molecule has 1 aliphatic heterocycles. The third-order valence-electron chi connectivity index (χ3n) is 4.07. The fourth-order valence-electron chi connectivity index (χ4n) is 2.82. The monoisotopic (exact) mass is 385 g/mol. The Morgan fingerprint density at radius 1 is 1.24 bits per heavy atom. The average molecular weight is 386 g/mol.